The predicted molar refractivity (Wildman–Crippen MR) is 111 cm³/mol. The topological polar surface area (TPSA) is 23.6 Å². The molecule has 0 radical (unpaired) electrons. The second-order valence-electron chi connectivity index (χ2n) is 7.41. The van der Waals surface area contributed by atoms with Gasteiger partial charge in [0, 0.05) is 25.8 Å². The van der Waals surface area contributed by atoms with Crippen molar-refractivity contribution >= 4 is 11.7 Å². The molecular weight excluding hydrogens is 389 g/mol. The molecule has 0 saturated heterocycles. The number of fused-ring (bicyclic) bond motifs is 1. The monoisotopic (exact) mass is 410 g/mol. The quantitative estimate of drug-likeness (QED) is 0.509. The van der Waals surface area contributed by atoms with Gasteiger partial charge in [-0.25, -0.2) is 4.79 Å². The Balaban J connectivity index is 1.54. The molecular formula is C24H21F3N2O. The minimum absolute atomic E-state index is 0.0771. The number of nitrogens with zero attached hydrogens (tertiary/aromatic N) is 2. The number of alkyl halides is 3. The van der Waals surface area contributed by atoms with Crippen LogP contribution >= 0.6 is 0 Å². The third-order valence-electron chi connectivity index (χ3n) is 5.47. The molecule has 1 heterocycles. The normalized spacial score (nSPS) is 13.7. The summed E-state index contributed by atoms with van der Waals surface area (Å²) in [5, 5.41) is 0. The van der Waals surface area contributed by atoms with E-state index in [1.807, 2.05) is 48.5 Å². The Morgan fingerprint density at radius 2 is 1.57 bits per heavy atom. The summed E-state index contributed by atoms with van der Waals surface area (Å²) in [5.74, 6) is 0. The van der Waals surface area contributed by atoms with Gasteiger partial charge in [-0.3, -0.25) is 4.90 Å². The van der Waals surface area contributed by atoms with Crippen LogP contribution in [0.5, 0.6) is 0 Å². The molecule has 0 saturated carbocycles. The third kappa shape index (κ3) is 4.03. The van der Waals surface area contributed by atoms with Crippen molar-refractivity contribution in [2.24, 2.45) is 0 Å². The van der Waals surface area contributed by atoms with E-state index in [2.05, 4.69) is 0 Å². The maximum absolute atomic E-state index is 12.9. The molecule has 3 aromatic carbocycles. The number of urea groups is 1. The van der Waals surface area contributed by atoms with Gasteiger partial charge < -0.3 is 4.90 Å². The van der Waals surface area contributed by atoms with Crippen molar-refractivity contribution in [2.75, 3.05) is 18.5 Å². The summed E-state index contributed by atoms with van der Waals surface area (Å²) >= 11 is 0. The van der Waals surface area contributed by atoms with E-state index in [4.69, 9.17) is 0 Å². The Labute approximate surface area is 173 Å². The van der Waals surface area contributed by atoms with Gasteiger partial charge in [0.2, 0.25) is 0 Å². The molecule has 3 nitrogen and oxygen atoms in total. The molecule has 30 heavy (non-hydrogen) atoms. The van der Waals surface area contributed by atoms with E-state index in [0.717, 1.165) is 46.5 Å². The summed E-state index contributed by atoms with van der Waals surface area (Å²) in [6.45, 7) is 1.10. The zero-order valence-electron chi connectivity index (χ0n) is 16.5. The number of hydrogen-bond donors (Lipinski definition) is 0. The van der Waals surface area contributed by atoms with Crippen molar-refractivity contribution in [1.82, 2.24) is 4.90 Å². The second kappa shape index (κ2) is 7.86. The molecule has 154 valence electrons. The molecule has 0 atom stereocenters. The SMILES string of the molecule is CN(C(=O)N1CCc2ccc(-c3ccc(C(F)(F)F)cc3)cc2C1)c1ccccc1. The van der Waals surface area contributed by atoms with Crippen molar-refractivity contribution in [3.8, 4) is 11.1 Å². The van der Waals surface area contributed by atoms with Gasteiger partial charge in [0.05, 0.1) is 5.56 Å². The van der Waals surface area contributed by atoms with Gasteiger partial charge in [-0.05, 0) is 59.0 Å². The van der Waals surface area contributed by atoms with Crippen LogP contribution in [0.3, 0.4) is 0 Å². The lowest BCUT2D eigenvalue weighted by molar-refractivity contribution is -0.137. The molecule has 0 N–H and O–H groups in total. The fourth-order valence-corrected chi connectivity index (χ4v) is 3.73. The Bertz CT molecular complexity index is 1050. The molecule has 1 aliphatic heterocycles. The van der Waals surface area contributed by atoms with Gasteiger partial charge in [-0.2, -0.15) is 13.2 Å². The summed E-state index contributed by atoms with van der Waals surface area (Å²) in [5.41, 5.74) is 3.91. The number of para-hydroxylation sites is 1. The second-order valence-corrected chi connectivity index (χ2v) is 7.41. The van der Waals surface area contributed by atoms with Gasteiger partial charge in [0.25, 0.3) is 0 Å². The lowest BCUT2D eigenvalue weighted by Gasteiger charge is -2.32. The first-order valence-electron chi connectivity index (χ1n) is 9.70. The number of carbonyl (C=O) groups excluding carboxylic acids is 1. The number of hydrogen-bond acceptors (Lipinski definition) is 1. The number of benzene rings is 3. The summed E-state index contributed by atoms with van der Waals surface area (Å²) in [7, 11) is 1.76. The molecule has 0 fully saturated rings. The molecule has 6 heteroatoms. The molecule has 0 spiro atoms. The first-order chi connectivity index (χ1) is 14.3. The highest BCUT2D eigenvalue weighted by atomic mass is 19.4. The Morgan fingerprint density at radius 3 is 2.23 bits per heavy atom. The number of amides is 2. The zero-order chi connectivity index (χ0) is 21.3. The standard InChI is InChI=1S/C24H21F3N2O/c1-28(22-5-3-2-4-6-22)23(30)29-14-13-18-7-8-19(15-20(18)16-29)17-9-11-21(12-10-17)24(25,26)27/h2-12,15H,13-14,16H2,1H3. The fraction of sp³-hybridized carbons (Fsp3) is 0.208. The van der Waals surface area contributed by atoms with E-state index in [1.165, 1.54) is 12.1 Å². The summed E-state index contributed by atoms with van der Waals surface area (Å²) in [6, 6.07) is 20.4. The van der Waals surface area contributed by atoms with Gasteiger partial charge in [0.15, 0.2) is 0 Å². The van der Waals surface area contributed by atoms with Crippen LogP contribution in [0, 0.1) is 0 Å². The molecule has 3 aromatic rings. The van der Waals surface area contributed by atoms with Crippen molar-refractivity contribution in [3.05, 3.63) is 89.5 Å². The molecule has 0 aromatic heterocycles. The van der Waals surface area contributed by atoms with Gasteiger partial charge in [-0.1, -0.05) is 42.5 Å². The average molecular weight is 410 g/mol. The lowest BCUT2D eigenvalue weighted by Crippen LogP contribution is -2.43. The summed E-state index contributed by atoms with van der Waals surface area (Å²) in [4.78, 5) is 16.4. The Kier molecular flexibility index (Phi) is 5.24. The van der Waals surface area contributed by atoms with E-state index >= 15 is 0 Å². The Morgan fingerprint density at radius 1 is 0.900 bits per heavy atom. The van der Waals surface area contributed by atoms with Crippen molar-refractivity contribution in [3.63, 3.8) is 0 Å². The first-order valence-corrected chi connectivity index (χ1v) is 9.70. The molecule has 2 amide bonds. The maximum atomic E-state index is 12.9. The van der Waals surface area contributed by atoms with Crippen LogP contribution < -0.4 is 4.90 Å². The van der Waals surface area contributed by atoms with Crippen LogP contribution in [-0.2, 0) is 19.1 Å². The minimum Gasteiger partial charge on any atom is -0.320 e. The predicted octanol–water partition coefficient (Wildman–Crippen LogP) is 5.99. The highest BCUT2D eigenvalue weighted by Gasteiger charge is 2.30. The van der Waals surface area contributed by atoms with E-state index in [0.29, 0.717) is 13.1 Å². The van der Waals surface area contributed by atoms with Crippen LogP contribution in [0.1, 0.15) is 16.7 Å². The van der Waals surface area contributed by atoms with Gasteiger partial charge in [0.1, 0.15) is 0 Å². The zero-order valence-corrected chi connectivity index (χ0v) is 16.5. The van der Waals surface area contributed by atoms with E-state index in [-0.39, 0.29) is 6.03 Å². The minimum atomic E-state index is -4.35. The molecule has 0 unspecified atom stereocenters. The smallest absolute Gasteiger partial charge is 0.320 e. The van der Waals surface area contributed by atoms with Crippen molar-refractivity contribution in [1.29, 1.82) is 0 Å². The fourth-order valence-electron chi connectivity index (χ4n) is 3.73. The van der Waals surface area contributed by atoms with E-state index in [9.17, 15) is 18.0 Å². The van der Waals surface area contributed by atoms with Gasteiger partial charge in [-0.15, -0.1) is 0 Å². The van der Waals surface area contributed by atoms with E-state index in [1.54, 1.807) is 16.8 Å². The summed E-state index contributed by atoms with van der Waals surface area (Å²) in [6.07, 6.45) is -3.60. The summed E-state index contributed by atoms with van der Waals surface area (Å²) < 4.78 is 38.4. The largest absolute Gasteiger partial charge is 0.416 e. The third-order valence-corrected chi connectivity index (χ3v) is 5.47. The van der Waals surface area contributed by atoms with Crippen LogP contribution in [-0.4, -0.2) is 24.5 Å². The number of carbonyl (C=O) groups is 1. The van der Waals surface area contributed by atoms with E-state index < -0.39 is 11.7 Å². The van der Waals surface area contributed by atoms with Crippen molar-refractivity contribution in [2.45, 2.75) is 19.1 Å². The molecule has 1 aliphatic rings. The molecule has 0 aliphatic carbocycles. The van der Waals surface area contributed by atoms with Crippen LogP contribution in [0.4, 0.5) is 23.7 Å². The Hall–Kier alpha value is -3.28. The van der Waals surface area contributed by atoms with Crippen LogP contribution in [0.15, 0.2) is 72.8 Å². The van der Waals surface area contributed by atoms with Crippen LogP contribution in [0.25, 0.3) is 11.1 Å². The highest BCUT2D eigenvalue weighted by Crippen LogP contribution is 2.32. The van der Waals surface area contributed by atoms with Crippen molar-refractivity contribution < 1.29 is 18.0 Å². The lowest BCUT2D eigenvalue weighted by atomic mass is 9.94. The number of halogens is 3. The van der Waals surface area contributed by atoms with Gasteiger partial charge >= 0.3 is 12.2 Å². The highest BCUT2D eigenvalue weighted by molar-refractivity contribution is 5.91. The molecule has 0 bridgehead atoms. The number of anilines is 1. The first kappa shape index (κ1) is 20.0. The van der Waals surface area contributed by atoms with Crippen LogP contribution in [0.2, 0.25) is 0 Å². The number of rotatable bonds is 2. The maximum Gasteiger partial charge on any atom is 0.416 e. The average Bonchev–Trinajstić information content (AvgIpc) is 2.77. The molecule has 4 rings (SSSR count).